The molecular formula is C11H13ClF3IOSi. The molecule has 102 valence electrons. The Balaban J connectivity index is 3.18. The van der Waals surface area contributed by atoms with Crippen molar-refractivity contribution in [2.24, 2.45) is 0 Å². The molecular weight excluding hydrogens is 396 g/mol. The first-order valence-corrected chi connectivity index (χ1v) is 10.1. The lowest BCUT2D eigenvalue weighted by Crippen LogP contribution is -2.35. The Morgan fingerprint density at radius 2 is 1.78 bits per heavy atom. The zero-order valence-electron chi connectivity index (χ0n) is 10.1. The standard InChI is InChI=1S/C11H13ClF3IOSi/c1-18(2,3)17-10(11(13,14)15)7-4-8(12)6-9(16)5-7/h4-6,10H,1-3H3. The van der Waals surface area contributed by atoms with Gasteiger partial charge in [-0.25, -0.2) is 0 Å². The van der Waals surface area contributed by atoms with Crippen molar-refractivity contribution in [3.8, 4) is 0 Å². The maximum Gasteiger partial charge on any atom is 0.417 e. The molecule has 18 heavy (non-hydrogen) atoms. The second-order valence-electron chi connectivity index (χ2n) is 4.85. The number of hydrogen-bond donors (Lipinski definition) is 0. The average Bonchev–Trinajstić information content (AvgIpc) is 2.09. The van der Waals surface area contributed by atoms with Crippen molar-refractivity contribution in [2.45, 2.75) is 31.9 Å². The maximum atomic E-state index is 13.1. The molecule has 0 amide bonds. The van der Waals surface area contributed by atoms with Crippen molar-refractivity contribution in [3.05, 3.63) is 32.4 Å². The Morgan fingerprint density at radius 1 is 1.22 bits per heavy atom. The molecule has 1 nitrogen and oxygen atoms in total. The quantitative estimate of drug-likeness (QED) is 0.481. The summed E-state index contributed by atoms with van der Waals surface area (Å²) in [6.07, 6.45) is -6.34. The first-order valence-electron chi connectivity index (χ1n) is 5.19. The number of hydrogen-bond acceptors (Lipinski definition) is 1. The highest BCUT2D eigenvalue weighted by Crippen LogP contribution is 2.39. The topological polar surface area (TPSA) is 9.23 Å². The molecule has 1 aromatic rings. The van der Waals surface area contributed by atoms with E-state index >= 15 is 0 Å². The summed E-state index contributed by atoms with van der Waals surface area (Å²) in [5.74, 6) is 0. The van der Waals surface area contributed by atoms with Crippen molar-refractivity contribution in [1.82, 2.24) is 0 Å². The third-order valence-electron chi connectivity index (χ3n) is 1.96. The maximum absolute atomic E-state index is 13.1. The minimum Gasteiger partial charge on any atom is -0.403 e. The molecule has 1 aromatic carbocycles. The van der Waals surface area contributed by atoms with Crippen LogP contribution in [0.1, 0.15) is 11.7 Å². The van der Waals surface area contributed by atoms with Gasteiger partial charge in [0.25, 0.3) is 0 Å². The van der Waals surface area contributed by atoms with Crippen LogP contribution in [0.5, 0.6) is 0 Å². The van der Waals surface area contributed by atoms with E-state index in [1.165, 1.54) is 12.1 Å². The summed E-state index contributed by atoms with van der Waals surface area (Å²) in [6.45, 7) is 5.17. The van der Waals surface area contributed by atoms with Crippen molar-refractivity contribution in [1.29, 1.82) is 0 Å². The summed E-state index contributed by atoms with van der Waals surface area (Å²) in [7, 11) is -2.31. The van der Waals surface area contributed by atoms with Gasteiger partial charge in [-0.3, -0.25) is 0 Å². The summed E-state index contributed by atoms with van der Waals surface area (Å²) < 4.78 is 45.1. The van der Waals surface area contributed by atoms with Gasteiger partial charge in [0.1, 0.15) is 0 Å². The van der Waals surface area contributed by atoms with Crippen LogP contribution in [0.3, 0.4) is 0 Å². The minimum atomic E-state index is -4.44. The van der Waals surface area contributed by atoms with Gasteiger partial charge >= 0.3 is 6.18 Å². The van der Waals surface area contributed by atoms with Crippen LogP contribution >= 0.6 is 34.2 Å². The second-order valence-corrected chi connectivity index (χ2v) is 11.0. The molecule has 0 radical (unpaired) electrons. The Labute approximate surface area is 124 Å². The number of alkyl halides is 3. The highest BCUT2D eigenvalue weighted by Gasteiger charge is 2.44. The van der Waals surface area contributed by atoms with Crippen LogP contribution in [0.2, 0.25) is 24.7 Å². The molecule has 0 bridgehead atoms. The molecule has 7 heteroatoms. The largest absolute Gasteiger partial charge is 0.417 e. The number of rotatable bonds is 3. The van der Waals surface area contributed by atoms with Crippen LogP contribution in [-0.2, 0) is 4.43 Å². The highest BCUT2D eigenvalue weighted by molar-refractivity contribution is 14.1. The minimum absolute atomic E-state index is 0.0572. The van der Waals surface area contributed by atoms with Gasteiger partial charge in [0, 0.05) is 8.59 Å². The first kappa shape index (κ1) is 16.3. The fourth-order valence-electron chi connectivity index (χ4n) is 1.40. The highest BCUT2D eigenvalue weighted by atomic mass is 127. The van der Waals surface area contributed by atoms with Gasteiger partial charge in [-0.1, -0.05) is 11.6 Å². The fourth-order valence-corrected chi connectivity index (χ4v) is 3.50. The molecule has 1 atom stereocenters. The van der Waals surface area contributed by atoms with Crippen LogP contribution in [0.25, 0.3) is 0 Å². The Hall–Kier alpha value is 0.207. The molecule has 0 aliphatic rings. The SMILES string of the molecule is C[Si](C)(C)OC(c1cc(Cl)cc(I)c1)C(F)(F)F. The lowest BCUT2D eigenvalue weighted by molar-refractivity contribution is -0.200. The molecule has 1 unspecified atom stereocenters. The first-order chi connectivity index (χ1) is 7.99. The molecule has 1 rings (SSSR count). The van der Waals surface area contributed by atoms with Crippen LogP contribution in [0.4, 0.5) is 13.2 Å². The van der Waals surface area contributed by atoms with Crippen molar-refractivity contribution in [2.75, 3.05) is 0 Å². The lowest BCUT2D eigenvalue weighted by Gasteiger charge is -2.28. The van der Waals surface area contributed by atoms with Gasteiger partial charge in [-0.2, -0.15) is 13.2 Å². The lowest BCUT2D eigenvalue weighted by atomic mass is 10.1. The Bertz CT molecular complexity index is 411. The summed E-state index contributed by atoms with van der Waals surface area (Å²) in [5, 5.41) is 0.283. The predicted molar refractivity (Wildman–Crippen MR) is 77.4 cm³/mol. The molecule has 0 N–H and O–H groups in total. The Morgan fingerprint density at radius 3 is 2.17 bits per heavy atom. The van der Waals surface area contributed by atoms with Crippen molar-refractivity contribution >= 4 is 42.5 Å². The normalized spacial score (nSPS) is 14.7. The van der Waals surface area contributed by atoms with E-state index in [0.29, 0.717) is 3.57 Å². The van der Waals surface area contributed by atoms with Crippen LogP contribution in [0, 0.1) is 3.57 Å². The summed E-state index contributed by atoms with van der Waals surface area (Å²) in [6, 6.07) is 4.36. The molecule has 0 spiro atoms. The van der Waals surface area contributed by atoms with Crippen molar-refractivity contribution in [3.63, 3.8) is 0 Å². The molecule has 0 heterocycles. The number of halogens is 5. The third-order valence-corrected chi connectivity index (χ3v) is 3.74. The van der Waals surface area contributed by atoms with Gasteiger partial charge in [0.2, 0.25) is 0 Å². The van der Waals surface area contributed by atoms with E-state index in [9.17, 15) is 13.2 Å². The predicted octanol–water partition coefficient (Wildman–Crippen LogP) is 5.40. The number of benzene rings is 1. The van der Waals surface area contributed by atoms with Gasteiger partial charge in [0.15, 0.2) is 14.4 Å². The summed E-state index contributed by atoms with van der Waals surface area (Å²) in [5.41, 5.74) is 0.0572. The monoisotopic (exact) mass is 408 g/mol. The van der Waals surface area contributed by atoms with Gasteiger partial charge in [0.05, 0.1) is 0 Å². The zero-order valence-corrected chi connectivity index (χ0v) is 14.0. The van der Waals surface area contributed by atoms with Crippen LogP contribution < -0.4 is 0 Å². The molecule has 0 aliphatic heterocycles. The van der Waals surface area contributed by atoms with E-state index in [1.54, 1.807) is 25.7 Å². The van der Waals surface area contributed by atoms with Gasteiger partial charge in [-0.15, -0.1) is 0 Å². The van der Waals surface area contributed by atoms with E-state index in [1.807, 2.05) is 22.6 Å². The molecule has 0 aliphatic carbocycles. The van der Waals surface area contributed by atoms with Crippen LogP contribution in [-0.4, -0.2) is 14.5 Å². The van der Waals surface area contributed by atoms with E-state index in [4.69, 9.17) is 16.0 Å². The third kappa shape index (κ3) is 5.06. The zero-order chi connectivity index (χ0) is 14.1. The van der Waals surface area contributed by atoms with Gasteiger partial charge in [-0.05, 0) is 66.0 Å². The van der Waals surface area contributed by atoms with Gasteiger partial charge < -0.3 is 4.43 Å². The smallest absolute Gasteiger partial charge is 0.403 e. The van der Waals surface area contributed by atoms with Crippen LogP contribution in [0.15, 0.2) is 18.2 Å². The molecule has 0 saturated heterocycles. The van der Waals surface area contributed by atoms with E-state index in [2.05, 4.69) is 0 Å². The average molecular weight is 409 g/mol. The fraction of sp³-hybridized carbons (Fsp3) is 0.455. The Kier molecular flexibility index (Phi) is 5.13. The molecule has 0 aromatic heterocycles. The summed E-state index contributed by atoms with van der Waals surface area (Å²) in [4.78, 5) is 0. The second kappa shape index (κ2) is 5.68. The van der Waals surface area contributed by atoms with Crippen molar-refractivity contribution < 1.29 is 17.6 Å². The van der Waals surface area contributed by atoms with E-state index in [-0.39, 0.29) is 10.6 Å². The molecule has 0 saturated carbocycles. The summed E-state index contributed by atoms with van der Waals surface area (Å²) >= 11 is 7.73. The van der Waals surface area contributed by atoms with E-state index in [0.717, 1.165) is 0 Å². The van der Waals surface area contributed by atoms with E-state index < -0.39 is 20.6 Å². The molecule has 0 fully saturated rings.